The lowest BCUT2D eigenvalue weighted by Crippen LogP contribution is -2.52. The van der Waals surface area contributed by atoms with Crippen molar-refractivity contribution < 1.29 is 9.53 Å². The Hall–Kier alpha value is -2.73. The summed E-state index contributed by atoms with van der Waals surface area (Å²) in [5.74, 6) is -0.366. The molecule has 3 heterocycles. The van der Waals surface area contributed by atoms with Gasteiger partial charge in [0.15, 0.2) is 5.65 Å². The summed E-state index contributed by atoms with van der Waals surface area (Å²) in [6, 6.07) is 12.2. The van der Waals surface area contributed by atoms with Crippen molar-refractivity contribution in [2.45, 2.75) is 38.3 Å². The summed E-state index contributed by atoms with van der Waals surface area (Å²) in [4.78, 5) is 19.3. The Morgan fingerprint density at radius 2 is 2.07 bits per heavy atom. The fourth-order valence-corrected chi connectivity index (χ4v) is 3.74. The van der Waals surface area contributed by atoms with E-state index in [1.54, 1.807) is 23.0 Å². The molecule has 0 N–H and O–H groups in total. The SMILES string of the molecule is CC1(COC(=O)c2cnn3cccnc23)CCCCN1Cc1ccccc1. The molecular formula is C21H24N4O2. The second-order valence-electron chi connectivity index (χ2n) is 7.38. The summed E-state index contributed by atoms with van der Waals surface area (Å²) in [5.41, 5.74) is 2.05. The standard InChI is InChI=1S/C21H24N4O2/c1-21(10-5-6-12-24(21)15-17-8-3-2-4-9-17)16-27-20(26)18-14-23-25-13-7-11-22-19(18)25/h2-4,7-9,11,13-14H,5-6,10,12,15-16H2,1H3. The van der Waals surface area contributed by atoms with Gasteiger partial charge in [-0.25, -0.2) is 14.3 Å². The van der Waals surface area contributed by atoms with E-state index in [-0.39, 0.29) is 11.5 Å². The van der Waals surface area contributed by atoms with Gasteiger partial charge in [0.2, 0.25) is 0 Å². The molecule has 3 aromatic rings. The summed E-state index contributed by atoms with van der Waals surface area (Å²) in [7, 11) is 0. The number of piperidine rings is 1. The average molecular weight is 364 g/mol. The van der Waals surface area contributed by atoms with Crippen LogP contribution in [0.25, 0.3) is 5.65 Å². The summed E-state index contributed by atoms with van der Waals surface area (Å²) in [6.07, 6.45) is 8.28. The molecule has 1 aliphatic rings. The molecule has 0 radical (unpaired) electrons. The van der Waals surface area contributed by atoms with Crippen molar-refractivity contribution in [3.63, 3.8) is 0 Å². The summed E-state index contributed by atoms with van der Waals surface area (Å²) >= 11 is 0. The maximum Gasteiger partial charge on any atom is 0.343 e. The van der Waals surface area contributed by atoms with Crippen molar-refractivity contribution in [2.24, 2.45) is 0 Å². The van der Waals surface area contributed by atoms with Gasteiger partial charge in [-0.2, -0.15) is 5.10 Å². The fourth-order valence-electron chi connectivity index (χ4n) is 3.74. The first-order chi connectivity index (χ1) is 13.2. The monoisotopic (exact) mass is 364 g/mol. The zero-order chi connectivity index (χ0) is 18.7. The van der Waals surface area contributed by atoms with Crippen LogP contribution in [0.2, 0.25) is 0 Å². The maximum atomic E-state index is 12.6. The molecule has 0 saturated carbocycles. The van der Waals surface area contributed by atoms with Crippen LogP contribution in [-0.4, -0.2) is 44.2 Å². The number of esters is 1. The van der Waals surface area contributed by atoms with Gasteiger partial charge in [0, 0.05) is 18.9 Å². The van der Waals surface area contributed by atoms with Crippen LogP contribution in [0, 0.1) is 0 Å². The summed E-state index contributed by atoms with van der Waals surface area (Å²) in [6.45, 7) is 4.44. The van der Waals surface area contributed by atoms with E-state index in [0.29, 0.717) is 17.8 Å². The molecule has 2 aromatic heterocycles. The molecule has 0 spiro atoms. The second kappa shape index (κ2) is 7.48. The molecule has 6 nitrogen and oxygen atoms in total. The molecule has 0 aliphatic carbocycles. The Labute approximate surface area is 158 Å². The molecule has 1 saturated heterocycles. The average Bonchev–Trinajstić information content (AvgIpc) is 3.13. The predicted octanol–water partition coefficient (Wildman–Crippen LogP) is 3.33. The van der Waals surface area contributed by atoms with Gasteiger partial charge in [-0.3, -0.25) is 4.90 Å². The van der Waals surface area contributed by atoms with Crippen LogP contribution in [0.4, 0.5) is 0 Å². The number of carbonyl (C=O) groups is 1. The van der Waals surface area contributed by atoms with E-state index >= 15 is 0 Å². The van der Waals surface area contributed by atoms with Crippen molar-refractivity contribution >= 4 is 11.6 Å². The Morgan fingerprint density at radius 3 is 2.93 bits per heavy atom. The lowest BCUT2D eigenvalue weighted by molar-refractivity contribution is -0.0149. The highest BCUT2D eigenvalue weighted by Gasteiger charge is 2.36. The van der Waals surface area contributed by atoms with Crippen molar-refractivity contribution in [1.29, 1.82) is 0 Å². The molecule has 0 bridgehead atoms. The fraction of sp³-hybridized carbons (Fsp3) is 0.381. The lowest BCUT2D eigenvalue weighted by Gasteiger charge is -2.44. The van der Waals surface area contributed by atoms with Gasteiger partial charge in [-0.15, -0.1) is 0 Å². The third kappa shape index (κ3) is 3.71. The Bertz CT molecular complexity index is 924. The van der Waals surface area contributed by atoms with Crippen molar-refractivity contribution in [1.82, 2.24) is 19.5 Å². The lowest BCUT2D eigenvalue weighted by atomic mass is 9.88. The Balaban J connectivity index is 1.47. The van der Waals surface area contributed by atoms with Crippen LogP contribution >= 0.6 is 0 Å². The number of hydrogen-bond acceptors (Lipinski definition) is 5. The number of ether oxygens (including phenoxy) is 1. The van der Waals surface area contributed by atoms with Crippen LogP contribution in [0.5, 0.6) is 0 Å². The molecule has 1 unspecified atom stereocenters. The van der Waals surface area contributed by atoms with Gasteiger partial charge in [0.05, 0.1) is 11.7 Å². The van der Waals surface area contributed by atoms with Crippen LogP contribution in [0.1, 0.15) is 42.1 Å². The van der Waals surface area contributed by atoms with Gasteiger partial charge in [0.25, 0.3) is 0 Å². The summed E-state index contributed by atoms with van der Waals surface area (Å²) < 4.78 is 7.31. The minimum absolute atomic E-state index is 0.167. The molecular weight excluding hydrogens is 340 g/mol. The third-order valence-corrected chi connectivity index (χ3v) is 5.39. The summed E-state index contributed by atoms with van der Waals surface area (Å²) in [5, 5.41) is 4.17. The minimum Gasteiger partial charge on any atom is -0.460 e. The quantitative estimate of drug-likeness (QED) is 0.650. The van der Waals surface area contributed by atoms with Gasteiger partial charge >= 0.3 is 5.97 Å². The highest BCUT2D eigenvalue weighted by molar-refractivity contribution is 5.95. The second-order valence-corrected chi connectivity index (χ2v) is 7.38. The maximum absolute atomic E-state index is 12.6. The highest BCUT2D eigenvalue weighted by atomic mass is 16.5. The number of benzene rings is 1. The molecule has 1 fully saturated rings. The number of rotatable bonds is 5. The number of hydrogen-bond donors (Lipinski definition) is 0. The molecule has 4 rings (SSSR count). The predicted molar refractivity (Wildman–Crippen MR) is 102 cm³/mol. The molecule has 1 aliphatic heterocycles. The normalized spacial score (nSPS) is 20.6. The first-order valence-electron chi connectivity index (χ1n) is 9.40. The molecule has 1 atom stereocenters. The zero-order valence-electron chi connectivity index (χ0n) is 15.5. The zero-order valence-corrected chi connectivity index (χ0v) is 15.5. The third-order valence-electron chi connectivity index (χ3n) is 5.39. The Morgan fingerprint density at radius 1 is 1.22 bits per heavy atom. The van der Waals surface area contributed by atoms with E-state index in [1.807, 2.05) is 6.07 Å². The number of fused-ring (bicyclic) bond motifs is 1. The van der Waals surface area contributed by atoms with Gasteiger partial charge < -0.3 is 4.74 Å². The topological polar surface area (TPSA) is 59.7 Å². The van der Waals surface area contributed by atoms with Crippen LogP contribution in [0.3, 0.4) is 0 Å². The van der Waals surface area contributed by atoms with E-state index in [2.05, 4.69) is 46.2 Å². The van der Waals surface area contributed by atoms with Crippen LogP contribution in [-0.2, 0) is 11.3 Å². The smallest absolute Gasteiger partial charge is 0.343 e. The minimum atomic E-state index is -0.366. The highest BCUT2D eigenvalue weighted by Crippen LogP contribution is 2.30. The largest absolute Gasteiger partial charge is 0.460 e. The first-order valence-corrected chi connectivity index (χ1v) is 9.40. The van der Waals surface area contributed by atoms with Crippen molar-refractivity contribution in [2.75, 3.05) is 13.2 Å². The number of carbonyl (C=O) groups excluding carboxylic acids is 1. The van der Waals surface area contributed by atoms with E-state index in [1.165, 1.54) is 18.2 Å². The number of nitrogens with zero attached hydrogens (tertiary/aromatic N) is 4. The molecule has 27 heavy (non-hydrogen) atoms. The van der Waals surface area contributed by atoms with Gasteiger partial charge in [0.1, 0.15) is 12.2 Å². The van der Waals surface area contributed by atoms with Crippen LogP contribution in [0.15, 0.2) is 55.0 Å². The van der Waals surface area contributed by atoms with E-state index in [9.17, 15) is 4.79 Å². The van der Waals surface area contributed by atoms with Gasteiger partial charge in [-0.1, -0.05) is 36.8 Å². The molecule has 0 amide bonds. The van der Waals surface area contributed by atoms with E-state index in [4.69, 9.17) is 4.74 Å². The number of aromatic nitrogens is 3. The molecule has 140 valence electrons. The number of likely N-dealkylation sites (tertiary alicyclic amines) is 1. The van der Waals surface area contributed by atoms with E-state index < -0.39 is 0 Å². The van der Waals surface area contributed by atoms with E-state index in [0.717, 1.165) is 25.9 Å². The van der Waals surface area contributed by atoms with Gasteiger partial charge in [-0.05, 0) is 37.9 Å². The first kappa shape index (κ1) is 17.7. The van der Waals surface area contributed by atoms with Crippen LogP contribution < -0.4 is 0 Å². The van der Waals surface area contributed by atoms with Crippen molar-refractivity contribution in [3.05, 3.63) is 66.1 Å². The Kier molecular flexibility index (Phi) is 4.90. The van der Waals surface area contributed by atoms with Crippen molar-refractivity contribution in [3.8, 4) is 0 Å². The molecule has 1 aromatic carbocycles. The molecule has 6 heteroatoms.